The van der Waals surface area contributed by atoms with Gasteiger partial charge >= 0.3 is 0 Å². The molecule has 1 aromatic heterocycles. The van der Waals surface area contributed by atoms with Crippen LogP contribution in [0.15, 0.2) is 118 Å². The molecule has 0 spiro atoms. The number of thiazole rings is 1. The summed E-state index contributed by atoms with van der Waals surface area (Å²) >= 11 is 1.33. The Morgan fingerprint density at radius 1 is 0.974 bits per heavy atom. The van der Waals surface area contributed by atoms with Crippen LogP contribution in [0, 0.1) is 0 Å². The van der Waals surface area contributed by atoms with Crippen LogP contribution in [-0.2, 0) is 4.79 Å². The fourth-order valence-electron chi connectivity index (χ4n) is 4.98. The molecule has 6 nitrogen and oxygen atoms in total. The van der Waals surface area contributed by atoms with E-state index in [9.17, 15) is 9.59 Å². The van der Waals surface area contributed by atoms with Gasteiger partial charge in [0, 0.05) is 5.69 Å². The number of allylic oxidation sites excluding steroid dienone is 1. The molecular weight excluding hydrogens is 506 g/mol. The highest BCUT2D eigenvalue weighted by molar-refractivity contribution is 7.07. The Kier molecular flexibility index (Phi) is 6.42. The van der Waals surface area contributed by atoms with Crippen LogP contribution in [0.4, 0.5) is 5.69 Å². The van der Waals surface area contributed by atoms with E-state index in [1.807, 2.05) is 97.9 Å². The van der Waals surface area contributed by atoms with Crippen molar-refractivity contribution in [2.75, 3.05) is 12.4 Å². The van der Waals surface area contributed by atoms with Crippen LogP contribution in [0.1, 0.15) is 24.1 Å². The summed E-state index contributed by atoms with van der Waals surface area (Å²) in [5.74, 6) is 0.335. The molecule has 2 heterocycles. The number of nitrogens with one attached hydrogen (secondary N) is 1. The first-order valence-corrected chi connectivity index (χ1v) is 13.4. The molecule has 0 bridgehead atoms. The zero-order valence-electron chi connectivity index (χ0n) is 21.4. The van der Waals surface area contributed by atoms with E-state index in [0.29, 0.717) is 32.0 Å². The Bertz CT molecular complexity index is 1930. The number of para-hydroxylation sites is 1. The number of carbonyl (C=O) groups is 1. The second-order valence-corrected chi connectivity index (χ2v) is 10.3. The van der Waals surface area contributed by atoms with Gasteiger partial charge in [-0.15, -0.1) is 0 Å². The number of fused-ring (bicyclic) bond motifs is 2. The molecule has 4 aromatic carbocycles. The lowest BCUT2D eigenvalue weighted by atomic mass is 9.95. The third-order valence-corrected chi connectivity index (χ3v) is 7.80. The maximum Gasteiger partial charge on any atom is 0.271 e. The van der Waals surface area contributed by atoms with Crippen LogP contribution in [0.3, 0.4) is 0 Å². The number of methoxy groups -OCH3 is 1. The Labute approximate surface area is 228 Å². The summed E-state index contributed by atoms with van der Waals surface area (Å²) in [6, 6.07) is 30.2. The molecule has 0 saturated heterocycles. The predicted molar refractivity (Wildman–Crippen MR) is 156 cm³/mol. The molecule has 1 amide bonds. The van der Waals surface area contributed by atoms with Gasteiger partial charge in [0.1, 0.15) is 5.75 Å². The second-order valence-electron chi connectivity index (χ2n) is 9.25. The number of carbonyl (C=O) groups excluding carboxylic acids is 1. The minimum Gasteiger partial charge on any atom is -0.497 e. The Morgan fingerprint density at radius 3 is 2.54 bits per heavy atom. The van der Waals surface area contributed by atoms with Crippen LogP contribution in [-0.4, -0.2) is 17.6 Å². The van der Waals surface area contributed by atoms with E-state index >= 15 is 0 Å². The van der Waals surface area contributed by atoms with E-state index in [1.165, 1.54) is 11.3 Å². The van der Waals surface area contributed by atoms with Crippen LogP contribution in [0.5, 0.6) is 5.75 Å². The van der Waals surface area contributed by atoms with Gasteiger partial charge in [-0.1, -0.05) is 84.1 Å². The minimum atomic E-state index is -0.672. The summed E-state index contributed by atoms with van der Waals surface area (Å²) in [5.41, 5.74) is 3.16. The van der Waals surface area contributed by atoms with E-state index in [4.69, 9.17) is 9.73 Å². The first-order chi connectivity index (χ1) is 19.0. The molecule has 5 aromatic rings. The van der Waals surface area contributed by atoms with Gasteiger partial charge in [0.2, 0.25) is 0 Å². The summed E-state index contributed by atoms with van der Waals surface area (Å²) in [6.45, 7) is 1.81. The average Bonchev–Trinajstić information content (AvgIpc) is 3.27. The summed E-state index contributed by atoms with van der Waals surface area (Å²) in [5, 5.41) is 5.14. The molecule has 1 unspecified atom stereocenters. The fraction of sp³-hybridized carbons (Fsp3) is 0.0938. The van der Waals surface area contributed by atoms with Crippen molar-refractivity contribution in [3.8, 4) is 5.75 Å². The number of benzene rings is 4. The van der Waals surface area contributed by atoms with Gasteiger partial charge in [0.15, 0.2) is 4.80 Å². The zero-order valence-corrected chi connectivity index (χ0v) is 22.2. The van der Waals surface area contributed by atoms with E-state index in [-0.39, 0.29) is 11.5 Å². The third-order valence-electron chi connectivity index (χ3n) is 6.82. The second kappa shape index (κ2) is 10.2. The topological polar surface area (TPSA) is 72.7 Å². The monoisotopic (exact) mass is 531 g/mol. The van der Waals surface area contributed by atoms with Gasteiger partial charge in [-0.05, 0) is 59.2 Å². The molecule has 6 rings (SSSR count). The van der Waals surface area contributed by atoms with E-state index < -0.39 is 6.04 Å². The summed E-state index contributed by atoms with van der Waals surface area (Å²) < 4.78 is 7.66. The van der Waals surface area contributed by atoms with Crippen molar-refractivity contribution in [2.45, 2.75) is 13.0 Å². The van der Waals surface area contributed by atoms with Crippen molar-refractivity contribution >= 4 is 39.8 Å². The van der Waals surface area contributed by atoms with Gasteiger partial charge in [0.05, 0.1) is 29.0 Å². The normalized spacial score (nSPS) is 15.1. The Hall–Kier alpha value is -4.75. The average molecular weight is 532 g/mol. The molecule has 0 radical (unpaired) electrons. The van der Waals surface area contributed by atoms with Crippen molar-refractivity contribution in [1.29, 1.82) is 0 Å². The summed E-state index contributed by atoms with van der Waals surface area (Å²) in [7, 11) is 1.60. The molecule has 1 atom stereocenters. The first kappa shape index (κ1) is 24.6. The maximum atomic E-state index is 14.0. The lowest BCUT2D eigenvalue weighted by Crippen LogP contribution is -2.40. The molecule has 192 valence electrons. The molecule has 1 aliphatic heterocycles. The van der Waals surface area contributed by atoms with E-state index in [2.05, 4.69) is 17.4 Å². The standard InChI is InChI=1S/C32H25N3O3S/c1-20-28(30(36)34-24-14-4-3-5-15-24)29(23-13-9-16-25(18-23)38-2)35-31(37)27(39-32(35)33-20)19-22-12-8-11-21-10-6-7-17-26(21)22/h3-19,29H,1-2H3,(H,34,36). The number of ether oxygens (including phenoxy) is 1. The van der Waals surface area contributed by atoms with E-state index in [0.717, 1.165) is 21.9 Å². The van der Waals surface area contributed by atoms with Gasteiger partial charge in [-0.25, -0.2) is 4.99 Å². The van der Waals surface area contributed by atoms with Crippen LogP contribution in [0.2, 0.25) is 0 Å². The molecule has 0 fully saturated rings. The highest BCUT2D eigenvalue weighted by atomic mass is 32.1. The van der Waals surface area contributed by atoms with Crippen LogP contribution >= 0.6 is 11.3 Å². The zero-order chi connectivity index (χ0) is 26.9. The van der Waals surface area contributed by atoms with Crippen molar-refractivity contribution in [2.24, 2.45) is 4.99 Å². The van der Waals surface area contributed by atoms with E-state index in [1.54, 1.807) is 11.7 Å². The summed E-state index contributed by atoms with van der Waals surface area (Å²) in [6.07, 6.45) is 1.91. The third kappa shape index (κ3) is 4.57. The van der Waals surface area contributed by atoms with Crippen molar-refractivity contribution in [3.63, 3.8) is 0 Å². The number of rotatable bonds is 5. The number of amides is 1. The highest BCUT2D eigenvalue weighted by Gasteiger charge is 2.32. The quantitative estimate of drug-likeness (QED) is 0.346. The van der Waals surface area contributed by atoms with Gasteiger partial charge in [-0.2, -0.15) is 0 Å². The van der Waals surface area contributed by atoms with Gasteiger partial charge < -0.3 is 10.1 Å². The molecular formula is C32H25N3O3S. The Balaban J connectivity index is 1.54. The largest absolute Gasteiger partial charge is 0.497 e. The highest BCUT2D eigenvalue weighted by Crippen LogP contribution is 2.32. The molecule has 7 heteroatoms. The number of hydrogen-bond donors (Lipinski definition) is 1. The van der Waals surface area contributed by atoms with Crippen LogP contribution < -0.4 is 24.9 Å². The number of anilines is 1. The lowest BCUT2D eigenvalue weighted by molar-refractivity contribution is -0.113. The van der Waals surface area contributed by atoms with Crippen molar-refractivity contribution in [3.05, 3.63) is 139 Å². The number of aromatic nitrogens is 1. The van der Waals surface area contributed by atoms with Gasteiger partial charge in [0.25, 0.3) is 11.5 Å². The molecule has 39 heavy (non-hydrogen) atoms. The lowest BCUT2D eigenvalue weighted by Gasteiger charge is -2.25. The first-order valence-electron chi connectivity index (χ1n) is 12.5. The van der Waals surface area contributed by atoms with Crippen LogP contribution in [0.25, 0.3) is 16.8 Å². The van der Waals surface area contributed by atoms with Crippen molar-refractivity contribution in [1.82, 2.24) is 4.57 Å². The van der Waals surface area contributed by atoms with Crippen molar-refractivity contribution < 1.29 is 9.53 Å². The predicted octanol–water partition coefficient (Wildman–Crippen LogP) is 5.04. The van der Waals surface area contributed by atoms with Gasteiger partial charge in [-0.3, -0.25) is 14.2 Å². The Morgan fingerprint density at radius 2 is 1.72 bits per heavy atom. The molecule has 0 saturated carbocycles. The fourth-order valence-corrected chi connectivity index (χ4v) is 6.01. The molecule has 1 aliphatic rings. The molecule has 0 aliphatic carbocycles. The minimum absolute atomic E-state index is 0.197. The maximum absolute atomic E-state index is 14.0. The summed E-state index contributed by atoms with van der Waals surface area (Å²) in [4.78, 5) is 33.0. The molecule has 1 N–H and O–H groups in total. The number of hydrogen-bond acceptors (Lipinski definition) is 5. The SMILES string of the molecule is COc1cccc(C2C(C(=O)Nc3ccccc3)=C(C)N=c3sc(=Cc4cccc5ccccc45)c(=O)n32)c1. The number of nitrogens with zero attached hydrogens (tertiary/aromatic N) is 2. The smallest absolute Gasteiger partial charge is 0.271 e.